The number of aliphatic hydroxyl groups is 1. The Morgan fingerprint density at radius 2 is 2.06 bits per heavy atom. The molecule has 3 nitrogen and oxygen atoms in total. The average Bonchev–Trinajstić information content (AvgIpc) is 2.34. The highest BCUT2D eigenvalue weighted by Gasteiger charge is 2.01. The first-order valence-corrected chi connectivity index (χ1v) is 6.73. The van der Waals surface area contributed by atoms with E-state index in [1.807, 2.05) is 24.3 Å². The molecule has 94 valence electrons. The first kappa shape index (κ1) is 14.1. The summed E-state index contributed by atoms with van der Waals surface area (Å²) in [5.41, 5.74) is 0.930. The van der Waals surface area contributed by atoms with Gasteiger partial charge < -0.3 is 10.4 Å². The molecule has 1 unspecified atom stereocenters. The van der Waals surface area contributed by atoms with Crippen molar-refractivity contribution in [2.45, 2.75) is 30.8 Å². The lowest BCUT2D eigenvalue weighted by molar-refractivity contribution is -0.120. The summed E-state index contributed by atoms with van der Waals surface area (Å²) >= 11 is 1.73. The van der Waals surface area contributed by atoms with Gasteiger partial charge in [-0.25, -0.2) is 0 Å². The maximum atomic E-state index is 11.0. The third-order valence-electron chi connectivity index (χ3n) is 2.46. The van der Waals surface area contributed by atoms with Crippen molar-refractivity contribution >= 4 is 17.7 Å². The normalized spacial score (nSPS) is 12.2. The molecular formula is C13H19NO2S. The molecule has 1 rings (SSSR count). The SMILES string of the molecule is CNC(=O)CCCSc1ccc(C(C)O)cc1. The molecule has 0 bridgehead atoms. The van der Waals surface area contributed by atoms with Crippen LogP contribution in [-0.2, 0) is 4.79 Å². The van der Waals surface area contributed by atoms with E-state index in [-0.39, 0.29) is 5.91 Å². The second-order valence-electron chi connectivity index (χ2n) is 3.87. The maximum Gasteiger partial charge on any atom is 0.219 e. The van der Waals surface area contributed by atoms with E-state index in [0.29, 0.717) is 6.42 Å². The number of hydrogen-bond acceptors (Lipinski definition) is 3. The summed E-state index contributed by atoms with van der Waals surface area (Å²) in [7, 11) is 1.66. The van der Waals surface area contributed by atoms with E-state index in [2.05, 4.69) is 5.32 Å². The van der Waals surface area contributed by atoms with Crippen LogP contribution in [-0.4, -0.2) is 23.8 Å². The molecule has 17 heavy (non-hydrogen) atoms. The zero-order valence-corrected chi connectivity index (χ0v) is 11.1. The van der Waals surface area contributed by atoms with E-state index in [1.165, 1.54) is 4.90 Å². The van der Waals surface area contributed by atoms with E-state index in [1.54, 1.807) is 25.7 Å². The second kappa shape index (κ2) is 7.35. The first-order chi connectivity index (χ1) is 8.13. The van der Waals surface area contributed by atoms with Gasteiger partial charge in [-0.3, -0.25) is 4.79 Å². The molecule has 0 fully saturated rings. The quantitative estimate of drug-likeness (QED) is 0.604. The Labute approximate surface area is 107 Å². The Morgan fingerprint density at radius 1 is 1.41 bits per heavy atom. The van der Waals surface area contributed by atoms with Gasteiger partial charge in [-0.2, -0.15) is 0 Å². The van der Waals surface area contributed by atoms with Crippen LogP contribution in [0.4, 0.5) is 0 Å². The molecule has 0 spiro atoms. The van der Waals surface area contributed by atoms with Crippen LogP contribution in [0.25, 0.3) is 0 Å². The Bertz CT molecular complexity index is 349. The fraction of sp³-hybridized carbons (Fsp3) is 0.462. The molecule has 0 aliphatic heterocycles. The van der Waals surface area contributed by atoms with Crippen LogP contribution in [0.2, 0.25) is 0 Å². The van der Waals surface area contributed by atoms with Gasteiger partial charge in [0, 0.05) is 18.4 Å². The number of hydrogen-bond donors (Lipinski definition) is 2. The predicted molar refractivity (Wildman–Crippen MR) is 71.1 cm³/mol. The van der Waals surface area contributed by atoms with Crippen LogP contribution >= 0.6 is 11.8 Å². The first-order valence-electron chi connectivity index (χ1n) is 5.75. The smallest absolute Gasteiger partial charge is 0.219 e. The number of amides is 1. The summed E-state index contributed by atoms with van der Waals surface area (Å²) in [4.78, 5) is 12.2. The van der Waals surface area contributed by atoms with Crippen molar-refractivity contribution in [2.75, 3.05) is 12.8 Å². The number of benzene rings is 1. The van der Waals surface area contributed by atoms with Gasteiger partial charge in [0.15, 0.2) is 0 Å². The average molecular weight is 253 g/mol. The number of aliphatic hydroxyl groups excluding tert-OH is 1. The Hall–Kier alpha value is -1.00. The molecule has 1 atom stereocenters. The third kappa shape index (κ3) is 5.24. The van der Waals surface area contributed by atoms with E-state index in [0.717, 1.165) is 17.7 Å². The fourth-order valence-corrected chi connectivity index (χ4v) is 2.24. The summed E-state index contributed by atoms with van der Waals surface area (Å²) < 4.78 is 0. The van der Waals surface area contributed by atoms with E-state index in [4.69, 9.17) is 0 Å². The molecule has 1 aromatic carbocycles. The molecule has 0 saturated carbocycles. The molecule has 2 N–H and O–H groups in total. The minimum absolute atomic E-state index is 0.0926. The van der Waals surface area contributed by atoms with Gasteiger partial charge in [-0.05, 0) is 36.8 Å². The number of rotatable bonds is 6. The van der Waals surface area contributed by atoms with Crippen molar-refractivity contribution in [2.24, 2.45) is 0 Å². The van der Waals surface area contributed by atoms with Crippen molar-refractivity contribution in [3.05, 3.63) is 29.8 Å². The Morgan fingerprint density at radius 3 is 2.59 bits per heavy atom. The van der Waals surface area contributed by atoms with Crippen molar-refractivity contribution in [3.8, 4) is 0 Å². The summed E-state index contributed by atoms with van der Waals surface area (Å²) in [6.45, 7) is 1.76. The van der Waals surface area contributed by atoms with Crippen molar-refractivity contribution in [3.63, 3.8) is 0 Å². The monoisotopic (exact) mass is 253 g/mol. The van der Waals surface area contributed by atoms with Crippen LogP contribution in [0, 0.1) is 0 Å². The van der Waals surface area contributed by atoms with Gasteiger partial charge >= 0.3 is 0 Å². The van der Waals surface area contributed by atoms with E-state index < -0.39 is 6.10 Å². The third-order valence-corrected chi connectivity index (χ3v) is 3.56. The molecule has 1 aromatic rings. The van der Waals surface area contributed by atoms with Gasteiger partial charge in [0.25, 0.3) is 0 Å². The minimum atomic E-state index is -0.415. The highest BCUT2D eigenvalue weighted by molar-refractivity contribution is 7.99. The van der Waals surface area contributed by atoms with Crippen molar-refractivity contribution in [1.82, 2.24) is 5.32 Å². The summed E-state index contributed by atoms with van der Waals surface area (Å²) in [5.74, 6) is 1.02. The lowest BCUT2D eigenvalue weighted by Crippen LogP contribution is -2.17. The molecule has 0 aliphatic carbocycles. The topological polar surface area (TPSA) is 49.3 Å². The highest BCUT2D eigenvalue weighted by atomic mass is 32.2. The maximum absolute atomic E-state index is 11.0. The highest BCUT2D eigenvalue weighted by Crippen LogP contribution is 2.21. The van der Waals surface area contributed by atoms with Gasteiger partial charge in [0.1, 0.15) is 0 Å². The lowest BCUT2D eigenvalue weighted by atomic mass is 10.1. The molecule has 0 aliphatic rings. The lowest BCUT2D eigenvalue weighted by Gasteiger charge is -2.06. The molecular weight excluding hydrogens is 234 g/mol. The van der Waals surface area contributed by atoms with Crippen LogP contribution in [0.3, 0.4) is 0 Å². The number of nitrogens with one attached hydrogen (secondary N) is 1. The summed E-state index contributed by atoms with van der Waals surface area (Å²) in [5, 5.41) is 12.0. The zero-order valence-electron chi connectivity index (χ0n) is 10.3. The molecule has 0 saturated heterocycles. The van der Waals surface area contributed by atoms with E-state index >= 15 is 0 Å². The van der Waals surface area contributed by atoms with Crippen LogP contribution in [0.5, 0.6) is 0 Å². The molecule has 0 heterocycles. The van der Waals surface area contributed by atoms with Gasteiger partial charge in [-0.1, -0.05) is 12.1 Å². The Balaban J connectivity index is 2.30. The molecule has 0 radical (unpaired) electrons. The number of thioether (sulfide) groups is 1. The summed E-state index contributed by atoms with van der Waals surface area (Å²) in [6.07, 6.45) is 1.04. The van der Waals surface area contributed by atoms with Crippen molar-refractivity contribution < 1.29 is 9.90 Å². The van der Waals surface area contributed by atoms with Gasteiger partial charge in [0.2, 0.25) is 5.91 Å². The second-order valence-corrected chi connectivity index (χ2v) is 5.04. The van der Waals surface area contributed by atoms with Gasteiger partial charge in [-0.15, -0.1) is 11.8 Å². The van der Waals surface area contributed by atoms with Crippen LogP contribution < -0.4 is 5.32 Å². The number of carbonyl (C=O) groups excluding carboxylic acids is 1. The molecule has 1 amide bonds. The predicted octanol–water partition coefficient (Wildman–Crippen LogP) is 2.36. The molecule has 0 aromatic heterocycles. The van der Waals surface area contributed by atoms with E-state index in [9.17, 15) is 9.90 Å². The van der Waals surface area contributed by atoms with Crippen molar-refractivity contribution in [1.29, 1.82) is 0 Å². The zero-order chi connectivity index (χ0) is 12.7. The minimum Gasteiger partial charge on any atom is -0.389 e. The number of carbonyl (C=O) groups is 1. The standard InChI is InChI=1S/C13H19NO2S/c1-10(15)11-5-7-12(8-6-11)17-9-3-4-13(16)14-2/h5-8,10,15H,3-4,9H2,1-2H3,(H,14,16). The summed E-state index contributed by atoms with van der Waals surface area (Å²) in [6, 6.07) is 7.89. The Kier molecular flexibility index (Phi) is 6.08. The van der Waals surface area contributed by atoms with Crippen LogP contribution in [0.1, 0.15) is 31.4 Å². The molecule has 4 heteroatoms. The van der Waals surface area contributed by atoms with Crippen LogP contribution in [0.15, 0.2) is 29.2 Å². The largest absolute Gasteiger partial charge is 0.389 e. The fourth-order valence-electron chi connectivity index (χ4n) is 1.39. The van der Waals surface area contributed by atoms with Gasteiger partial charge in [0.05, 0.1) is 6.10 Å².